The summed E-state index contributed by atoms with van der Waals surface area (Å²) in [6.45, 7) is 0.296. The van der Waals surface area contributed by atoms with E-state index in [0.29, 0.717) is 12.4 Å². The topological polar surface area (TPSA) is 63.6 Å². The van der Waals surface area contributed by atoms with E-state index in [1.165, 1.54) is 12.1 Å². The fourth-order valence-corrected chi connectivity index (χ4v) is 1.94. The number of ether oxygens (including phenoxy) is 1. The number of ketones is 1. The van der Waals surface area contributed by atoms with Gasteiger partial charge in [0.2, 0.25) is 0 Å². The number of hydrogen-bond donors (Lipinski definition) is 1. The maximum absolute atomic E-state index is 12.9. The maximum Gasteiger partial charge on any atom is 0.310 e. The summed E-state index contributed by atoms with van der Waals surface area (Å²) in [5.74, 6) is -1.59. The Hall–Kier alpha value is -1.91. The van der Waals surface area contributed by atoms with Crippen LogP contribution in [0.2, 0.25) is 0 Å². The normalized spacial score (nSPS) is 17.4. The molecular weight excluding hydrogens is 227 g/mol. The van der Waals surface area contributed by atoms with Crippen LogP contribution in [0.5, 0.6) is 5.75 Å². The van der Waals surface area contributed by atoms with Gasteiger partial charge in [-0.15, -0.1) is 0 Å². The van der Waals surface area contributed by atoms with Gasteiger partial charge in [-0.25, -0.2) is 4.39 Å². The quantitative estimate of drug-likeness (QED) is 0.811. The van der Waals surface area contributed by atoms with Crippen molar-refractivity contribution in [2.75, 3.05) is 6.61 Å². The van der Waals surface area contributed by atoms with E-state index < -0.39 is 12.4 Å². The van der Waals surface area contributed by atoms with Crippen LogP contribution in [0.25, 0.3) is 0 Å². The first-order valence-electron chi connectivity index (χ1n) is 5.22. The number of Topliss-reactive ketones (excluding diaryl/α,β-unsaturated/α-hetero) is 1. The lowest BCUT2D eigenvalue weighted by molar-refractivity contribution is -0.140. The van der Waals surface area contributed by atoms with Gasteiger partial charge in [-0.05, 0) is 6.07 Å². The summed E-state index contributed by atoms with van der Waals surface area (Å²) in [6, 6.07) is 4.16. The summed E-state index contributed by atoms with van der Waals surface area (Å²) < 4.78 is 18.2. The highest BCUT2D eigenvalue weighted by Gasteiger charge is 2.27. The van der Waals surface area contributed by atoms with Gasteiger partial charge in [0.1, 0.15) is 23.8 Å². The molecule has 1 aromatic rings. The van der Waals surface area contributed by atoms with Gasteiger partial charge >= 0.3 is 5.97 Å². The summed E-state index contributed by atoms with van der Waals surface area (Å²) in [7, 11) is 0. The van der Waals surface area contributed by atoms with Crippen molar-refractivity contribution in [3.8, 4) is 5.75 Å². The van der Waals surface area contributed by atoms with Gasteiger partial charge in [0, 0.05) is 24.0 Å². The average molecular weight is 238 g/mol. The van der Waals surface area contributed by atoms with Gasteiger partial charge in [0.25, 0.3) is 0 Å². The van der Waals surface area contributed by atoms with E-state index >= 15 is 0 Å². The SMILES string of the molecule is O=C(O)CC(=O)CC1COc2cc(F)ccc21. The first kappa shape index (κ1) is 11.6. The van der Waals surface area contributed by atoms with Crippen LogP contribution in [0, 0.1) is 5.82 Å². The minimum absolute atomic E-state index is 0.116. The van der Waals surface area contributed by atoms with Gasteiger partial charge in [0.05, 0.1) is 6.61 Å². The molecule has 0 spiro atoms. The summed E-state index contributed by atoms with van der Waals surface area (Å²) in [6.07, 6.45) is -0.363. The number of halogens is 1. The van der Waals surface area contributed by atoms with Crippen LogP contribution in [0.3, 0.4) is 0 Å². The van der Waals surface area contributed by atoms with Crippen LogP contribution in [0.1, 0.15) is 24.3 Å². The fraction of sp³-hybridized carbons (Fsp3) is 0.333. The summed E-state index contributed by atoms with van der Waals surface area (Å²) in [4.78, 5) is 21.7. The van der Waals surface area contributed by atoms with Crippen LogP contribution in [-0.4, -0.2) is 23.5 Å². The van der Waals surface area contributed by atoms with Crippen molar-refractivity contribution in [2.24, 2.45) is 0 Å². The smallest absolute Gasteiger partial charge is 0.310 e. The van der Waals surface area contributed by atoms with Crippen molar-refractivity contribution >= 4 is 11.8 Å². The van der Waals surface area contributed by atoms with Gasteiger partial charge in [-0.1, -0.05) is 6.07 Å². The Balaban J connectivity index is 2.07. The molecule has 0 saturated carbocycles. The Labute approximate surface area is 97.0 Å². The molecule has 1 aliphatic rings. The lowest BCUT2D eigenvalue weighted by atomic mass is 9.95. The van der Waals surface area contributed by atoms with Gasteiger partial charge in [-0.3, -0.25) is 9.59 Å². The molecule has 2 rings (SSSR count). The number of carbonyl (C=O) groups is 2. The molecule has 0 amide bonds. The molecule has 0 saturated heterocycles. The zero-order chi connectivity index (χ0) is 12.4. The van der Waals surface area contributed by atoms with Gasteiger partial charge < -0.3 is 9.84 Å². The highest BCUT2D eigenvalue weighted by atomic mass is 19.1. The predicted octanol–water partition coefficient (Wildman–Crippen LogP) is 1.74. The highest BCUT2D eigenvalue weighted by molar-refractivity contribution is 5.95. The largest absolute Gasteiger partial charge is 0.493 e. The van der Waals surface area contributed by atoms with Gasteiger partial charge in [0.15, 0.2) is 0 Å². The second kappa shape index (κ2) is 4.53. The Morgan fingerprint density at radius 2 is 2.24 bits per heavy atom. The van der Waals surface area contributed by atoms with E-state index in [9.17, 15) is 14.0 Å². The Morgan fingerprint density at radius 1 is 1.47 bits per heavy atom. The summed E-state index contributed by atoms with van der Waals surface area (Å²) in [5.41, 5.74) is 0.769. The minimum Gasteiger partial charge on any atom is -0.493 e. The first-order valence-corrected chi connectivity index (χ1v) is 5.22. The van der Waals surface area contributed by atoms with Gasteiger partial charge in [-0.2, -0.15) is 0 Å². The molecule has 5 heteroatoms. The molecule has 1 atom stereocenters. The van der Waals surface area contributed by atoms with Crippen molar-refractivity contribution in [3.63, 3.8) is 0 Å². The number of carbonyl (C=O) groups excluding carboxylic acids is 1. The zero-order valence-corrected chi connectivity index (χ0v) is 8.98. The van der Waals surface area contributed by atoms with Crippen molar-refractivity contribution in [1.82, 2.24) is 0 Å². The number of hydrogen-bond acceptors (Lipinski definition) is 3. The van der Waals surface area contributed by atoms with E-state index in [2.05, 4.69) is 0 Å². The monoisotopic (exact) mass is 238 g/mol. The fourth-order valence-electron chi connectivity index (χ4n) is 1.94. The van der Waals surface area contributed by atoms with Crippen LogP contribution in [0.15, 0.2) is 18.2 Å². The number of carboxylic acids is 1. The van der Waals surface area contributed by atoms with Crippen molar-refractivity contribution in [1.29, 1.82) is 0 Å². The molecule has 1 aromatic carbocycles. The second-order valence-electron chi connectivity index (χ2n) is 4.00. The third kappa shape index (κ3) is 2.61. The Kier molecular flexibility index (Phi) is 3.08. The highest BCUT2D eigenvalue weighted by Crippen LogP contribution is 2.36. The number of fused-ring (bicyclic) bond motifs is 1. The third-order valence-corrected chi connectivity index (χ3v) is 2.68. The van der Waals surface area contributed by atoms with Crippen molar-refractivity contribution in [2.45, 2.75) is 18.8 Å². The standard InChI is InChI=1S/C12H11FO4/c13-8-1-2-10-7(6-17-11(10)4-8)3-9(14)5-12(15)16/h1-2,4,7H,3,5-6H2,(H,15,16). The molecule has 1 heterocycles. The van der Waals surface area contributed by atoms with Crippen molar-refractivity contribution < 1.29 is 23.8 Å². The molecule has 0 aromatic heterocycles. The molecular formula is C12H11FO4. The molecule has 1 N–H and O–H groups in total. The van der Waals surface area contributed by atoms with E-state index in [4.69, 9.17) is 9.84 Å². The zero-order valence-electron chi connectivity index (χ0n) is 8.98. The second-order valence-corrected chi connectivity index (χ2v) is 4.00. The molecule has 90 valence electrons. The molecule has 4 nitrogen and oxygen atoms in total. The van der Waals surface area contributed by atoms with Crippen LogP contribution in [0.4, 0.5) is 4.39 Å². The van der Waals surface area contributed by atoms with E-state index in [1.807, 2.05) is 0 Å². The Morgan fingerprint density at radius 3 is 2.94 bits per heavy atom. The van der Waals surface area contributed by atoms with Crippen molar-refractivity contribution in [3.05, 3.63) is 29.6 Å². The van der Waals surface area contributed by atoms with Crippen LogP contribution in [-0.2, 0) is 9.59 Å². The predicted molar refractivity (Wildman–Crippen MR) is 56.5 cm³/mol. The maximum atomic E-state index is 12.9. The summed E-state index contributed by atoms with van der Waals surface area (Å²) >= 11 is 0. The molecule has 17 heavy (non-hydrogen) atoms. The van der Waals surface area contributed by atoms with E-state index in [0.717, 1.165) is 5.56 Å². The molecule has 0 fully saturated rings. The lowest BCUT2D eigenvalue weighted by Gasteiger charge is -2.06. The van der Waals surface area contributed by atoms with Crippen LogP contribution < -0.4 is 4.74 Å². The number of aliphatic carboxylic acids is 1. The number of benzene rings is 1. The Bertz CT molecular complexity index is 470. The first-order chi connectivity index (χ1) is 8.06. The molecule has 0 aliphatic carbocycles. The van der Waals surface area contributed by atoms with Crippen LogP contribution >= 0.6 is 0 Å². The molecule has 0 bridgehead atoms. The number of rotatable bonds is 4. The molecule has 1 unspecified atom stereocenters. The summed E-state index contributed by atoms with van der Waals surface area (Å²) in [5, 5.41) is 8.49. The average Bonchev–Trinajstić information content (AvgIpc) is 2.59. The molecule has 0 radical (unpaired) electrons. The minimum atomic E-state index is -1.13. The van der Waals surface area contributed by atoms with E-state index in [1.54, 1.807) is 6.07 Å². The third-order valence-electron chi connectivity index (χ3n) is 2.68. The molecule has 1 aliphatic heterocycles. The number of carboxylic acid groups (broad SMARTS) is 1. The lowest BCUT2D eigenvalue weighted by Crippen LogP contribution is -2.12. The van der Waals surface area contributed by atoms with E-state index in [-0.39, 0.29) is 23.9 Å².